The smallest absolute Gasteiger partial charge is 0.207 e. The molecule has 0 unspecified atom stereocenters. The zero-order chi connectivity index (χ0) is 15.6. The summed E-state index contributed by atoms with van der Waals surface area (Å²) in [6.07, 6.45) is 0. The van der Waals surface area contributed by atoms with E-state index in [0.29, 0.717) is 5.56 Å². The van der Waals surface area contributed by atoms with Gasteiger partial charge in [0.15, 0.2) is 0 Å². The SMILES string of the molecule is CN(Cc1cc(Br)cs1)S(=O)(=O)c1cc(F)ccc1CCl. The van der Waals surface area contributed by atoms with Crippen molar-refractivity contribution in [1.82, 2.24) is 4.31 Å². The Morgan fingerprint density at radius 2 is 2.10 bits per heavy atom. The summed E-state index contributed by atoms with van der Waals surface area (Å²) >= 11 is 10.5. The number of thiophene rings is 1. The van der Waals surface area contributed by atoms with Crippen LogP contribution in [0, 0.1) is 5.82 Å². The highest BCUT2D eigenvalue weighted by Gasteiger charge is 2.24. The second kappa shape index (κ2) is 6.75. The van der Waals surface area contributed by atoms with E-state index in [1.54, 1.807) is 0 Å². The molecule has 0 N–H and O–H groups in total. The van der Waals surface area contributed by atoms with Crippen LogP contribution in [0.2, 0.25) is 0 Å². The molecule has 0 bridgehead atoms. The molecule has 2 rings (SSSR count). The third kappa shape index (κ3) is 3.84. The first-order valence-corrected chi connectivity index (χ1v) is 9.53. The van der Waals surface area contributed by atoms with Gasteiger partial charge in [-0.15, -0.1) is 22.9 Å². The normalized spacial score (nSPS) is 12.0. The fourth-order valence-corrected chi connectivity index (χ4v) is 5.06. The van der Waals surface area contributed by atoms with Crippen LogP contribution in [0.4, 0.5) is 4.39 Å². The second-order valence-corrected chi connectivity index (χ2v) is 8.57. The highest BCUT2D eigenvalue weighted by atomic mass is 79.9. The highest BCUT2D eigenvalue weighted by molar-refractivity contribution is 9.10. The number of hydrogen-bond acceptors (Lipinski definition) is 3. The minimum atomic E-state index is -3.79. The molecule has 0 radical (unpaired) electrons. The Hall–Kier alpha value is -0.470. The number of benzene rings is 1. The van der Waals surface area contributed by atoms with Gasteiger partial charge in [-0.05, 0) is 39.7 Å². The molecule has 0 aliphatic heterocycles. The van der Waals surface area contributed by atoms with Crippen molar-refractivity contribution >= 4 is 48.9 Å². The first kappa shape index (κ1) is 16.9. The molecule has 21 heavy (non-hydrogen) atoms. The molecule has 0 atom stereocenters. The maximum Gasteiger partial charge on any atom is 0.243 e. The van der Waals surface area contributed by atoms with E-state index in [1.165, 1.54) is 34.8 Å². The molecule has 0 spiro atoms. The van der Waals surface area contributed by atoms with Gasteiger partial charge in [-0.3, -0.25) is 0 Å². The van der Waals surface area contributed by atoms with E-state index >= 15 is 0 Å². The van der Waals surface area contributed by atoms with Crippen molar-refractivity contribution in [2.45, 2.75) is 17.3 Å². The van der Waals surface area contributed by atoms with Crippen molar-refractivity contribution in [3.05, 3.63) is 50.4 Å². The van der Waals surface area contributed by atoms with Crippen LogP contribution >= 0.6 is 38.9 Å². The van der Waals surface area contributed by atoms with E-state index in [-0.39, 0.29) is 17.3 Å². The molecule has 1 aromatic carbocycles. The molecular formula is C13H12BrClFNO2S2. The Labute approximate surface area is 140 Å². The van der Waals surface area contributed by atoms with Crippen LogP contribution in [0.5, 0.6) is 0 Å². The van der Waals surface area contributed by atoms with Crippen LogP contribution < -0.4 is 0 Å². The fraction of sp³-hybridized carbons (Fsp3) is 0.231. The third-order valence-corrected chi connectivity index (χ3v) is 6.72. The lowest BCUT2D eigenvalue weighted by molar-refractivity contribution is 0.468. The summed E-state index contributed by atoms with van der Waals surface area (Å²) < 4.78 is 40.6. The Kier molecular flexibility index (Phi) is 5.43. The molecule has 8 heteroatoms. The predicted molar refractivity (Wildman–Crippen MR) is 86.6 cm³/mol. The second-order valence-electron chi connectivity index (χ2n) is 4.38. The van der Waals surface area contributed by atoms with Gasteiger partial charge in [0.25, 0.3) is 0 Å². The predicted octanol–water partition coefficient (Wildman–Crippen LogP) is 4.21. The summed E-state index contributed by atoms with van der Waals surface area (Å²) in [5.74, 6) is -0.595. The van der Waals surface area contributed by atoms with Gasteiger partial charge in [0.05, 0.1) is 4.90 Å². The average molecular weight is 413 g/mol. The van der Waals surface area contributed by atoms with Crippen LogP contribution in [-0.2, 0) is 22.4 Å². The lowest BCUT2D eigenvalue weighted by atomic mass is 10.2. The number of rotatable bonds is 5. The molecular weight excluding hydrogens is 401 g/mol. The number of halogens is 3. The van der Waals surface area contributed by atoms with Gasteiger partial charge in [-0.1, -0.05) is 6.07 Å². The van der Waals surface area contributed by atoms with Crippen LogP contribution in [0.25, 0.3) is 0 Å². The summed E-state index contributed by atoms with van der Waals surface area (Å²) in [4.78, 5) is 0.799. The Balaban J connectivity index is 2.35. The lowest BCUT2D eigenvalue weighted by Crippen LogP contribution is -2.27. The largest absolute Gasteiger partial charge is 0.243 e. The van der Waals surface area contributed by atoms with Gasteiger partial charge in [0.1, 0.15) is 5.82 Å². The number of hydrogen-bond donors (Lipinski definition) is 0. The van der Waals surface area contributed by atoms with Crippen LogP contribution in [0.15, 0.2) is 39.0 Å². The van der Waals surface area contributed by atoms with Crippen molar-refractivity contribution in [2.75, 3.05) is 7.05 Å². The zero-order valence-corrected chi connectivity index (χ0v) is 15.0. The minimum absolute atomic E-state index is 0.00718. The molecule has 1 aromatic heterocycles. The van der Waals surface area contributed by atoms with E-state index in [1.807, 2.05) is 11.4 Å². The van der Waals surface area contributed by atoms with Crippen molar-refractivity contribution in [3.8, 4) is 0 Å². The van der Waals surface area contributed by atoms with E-state index < -0.39 is 15.8 Å². The average Bonchev–Trinajstić information content (AvgIpc) is 2.84. The van der Waals surface area contributed by atoms with Gasteiger partial charge in [-0.2, -0.15) is 4.31 Å². The monoisotopic (exact) mass is 411 g/mol. The first-order valence-electron chi connectivity index (χ1n) is 5.88. The fourth-order valence-electron chi connectivity index (χ4n) is 1.79. The van der Waals surface area contributed by atoms with E-state index in [0.717, 1.165) is 15.4 Å². The standard InChI is InChI=1S/C13H12BrClFNO2S2/c1-17(7-12-4-10(14)8-20-12)21(18,19)13-5-11(16)3-2-9(13)6-15/h2-5,8H,6-7H2,1H3. The molecule has 0 aliphatic rings. The molecule has 3 nitrogen and oxygen atoms in total. The van der Waals surface area contributed by atoms with E-state index in [9.17, 15) is 12.8 Å². The summed E-state index contributed by atoms with van der Waals surface area (Å²) in [5, 5.41) is 1.88. The van der Waals surface area contributed by atoms with Gasteiger partial charge in [-0.25, -0.2) is 12.8 Å². The number of nitrogens with zero attached hydrogens (tertiary/aromatic N) is 1. The first-order chi connectivity index (χ1) is 9.84. The summed E-state index contributed by atoms with van der Waals surface area (Å²) in [7, 11) is -2.33. The Bertz CT molecular complexity index is 748. The van der Waals surface area contributed by atoms with Crippen molar-refractivity contribution in [3.63, 3.8) is 0 Å². The van der Waals surface area contributed by atoms with E-state index in [2.05, 4.69) is 15.9 Å². The van der Waals surface area contributed by atoms with Crippen molar-refractivity contribution in [2.24, 2.45) is 0 Å². The molecule has 2 aromatic rings. The molecule has 0 amide bonds. The van der Waals surface area contributed by atoms with Gasteiger partial charge in [0, 0.05) is 34.2 Å². The quantitative estimate of drug-likeness (QED) is 0.690. The highest BCUT2D eigenvalue weighted by Crippen LogP contribution is 2.26. The maximum absolute atomic E-state index is 13.4. The topological polar surface area (TPSA) is 37.4 Å². The molecule has 1 heterocycles. The van der Waals surface area contributed by atoms with Gasteiger partial charge in [0.2, 0.25) is 10.0 Å². The molecule has 0 saturated heterocycles. The van der Waals surface area contributed by atoms with Gasteiger partial charge < -0.3 is 0 Å². The van der Waals surface area contributed by atoms with Crippen LogP contribution in [0.1, 0.15) is 10.4 Å². The molecule has 0 aliphatic carbocycles. The third-order valence-electron chi connectivity index (χ3n) is 2.86. The summed E-state index contributed by atoms with van der Waals surface area (Å²) in [6.45, 7) is 0.219. The summed E-state index contributed by atoms with van der Waals surface area (Å²) in [6, 6.07) is 5.45. The molecule has 114 valence electrons. The van der Waals surface area contributed by atoms with Crippen molar-refractivity contribution < 1.29 is 12.8 Å². The molecule has 0 saturated carbocycles. The molecule has 0 fully saturated rings. The van der Waals surface area contributed by atoms with Crippen LogP contribution in [0.3, 0.4) is 0 Å². The lowest BCUT2D eigenvalue weighted by Gasteiger charge is -2.18. The number of alkyl halides is 1. The van der Waals surface area contributed by atoms with Crippen molar-refractivity contribution in [1.29, 1.82) is 0 Å². The van der Waals surface area contributed by atoms with Crippen LogP contribution in [-0.4, -0.2) is 19.8 Å². The Morgan fingerprint density at radius 1 is 1.38 bits per heavy atom. The number of sulfonamides is 1. The van der Waals surface area contributed by atoms with Gasteiger partial charge >= 0.3 is 0 Å². The maximum atomic E-state index is 13.4. The zero-order valence-electron chi connectivity index (χ0n) is 11.0. The summed E-state index contributed by atoms with van der Waals surface area (Å²) in [5.41, 5.74) is 0.386. The van der Waals surface area contributed by atoms with E-state index in [4.69, 9.17) is 11.6 Å². The Morgan fingerprint density at radius 3 is 2.67 bits per heavy atom. The minimum Gasteiger partial charge on any atom is -0.207 e.